The van der Waals surface area contributed by atoms with Gasteiger partial charge in [-0.3, -0.25) is 0 Å². The van der Waals surface area contributed by atoms with E-state index in [4.69, 9.17) is 26.8 Å². The van der Waals surface area contributed by atoms with E-state index >= 15 is 0 Å². The number of ether oxygens (including phenoxy) is 2. The van der Waals surface area contributed by atoms with E-state index in [1.54, 1.807) is 18.2 Å². The Bertz CT molecular complexity index is 1700. The first-order chi connectivity index (χ1) is 20.4. The predicted molar refractivity (Wildman–Crippen MR) is 155 cm³/mol. The number of nitrogens with two attached hydrogens (primary N) is 1. The Balaban J connectivity index is 1.84. The zero-order valence-electron chi connectivity index (χ0n) is 23.1. The summed E-state index contributed by atoms with van der Waals surface area (Å²) < 4.78 is 53.0. The maximum absolute atomic E-state index is 14.1. The van der Waals surface area contributed by atoms with Gasteiger partial charge in [0.25, 0.3) is 0 Å². The molecule has 1 atom stereocenters. The van der Waals surface area contributed by atoms with Crippen molar-refractivity contribution in [2.75, 3.05) is 12.9 Å². The molecule has 1 aliphatic heterocycles. The molecular formula is C31H24ClF3N4O3S. The third-order valence-electron chi connectivity index (χ3n) is 6.72. The van der Waals surface area contributed by atoms with Gasteiger partial charge in [-0.05, 0) is 35.2 Å². The van der Waals surface area contributed by atoms with Crippen LogP contribution >= 0.6 is 23.4 Å². The van der Waals surface area contributed by atoms with Gasteiger partial charge in [0.15, 0.2) is 0 Å². The van der Waals surface area contributed by atoms with Gasteiger partial charge in [0, 0.05) is 10.6 Å². The van der Waals surface area contributed by atoms with Crippen molar-refractivity contribution >= 4 is 29.3 Å². The molecule has 7 nitrogen and oxygen atoms in total. The summed E-state index contributed by atoms with van der Waals surface area (Å²) in [5.41, 5.74) is 6.11. The van der Waals surface area contributed by atoms with Crippen molar-refractivity contribution in [2.24, 2.45) is 5.73 Å². The Morgan fingerprint density at radius 2 is 1.79 bits per heavy atom. The van der Waals surface area contributed by atoms with E-state index in [-0.39, 0.29) is 45.2 Å². The molecule has 3 aromatic rings. The number of hydrogen-bond donors (Lipinski definition) is 1. The SMILES string of the molecule is COC(=O)C1=C(CSc2nc(-c3ccc(Cl)cc3)cc(C(F)(F)F)c2C#N)OC(N)=C(C#N)C1c1ccc(C(C)C)cc1. The molecule has 2 N–H and O–H groups in total. The molecule has 0 radical (unpaired) electrons. The standard InChI is InChI=1S/C31H24ClF3N4O3S/c1-16(2)17-4-6-19(7-5-17)26-22(14-37)28(38)42-25(27(26)30(40)41-3)15-43-29-21(13-36)23(31(33,34)35)12-24(39-29)18-8-10-20(32)11-9-18/h4-12,16,26H,15,38H2,1-3H3. The lowest BCUT2D eigenvalue weighted by Gasteiger charge is -2.28. The highest BCUT2D eigenvalue weighted by atomic mass is 35.5. The molecule has 1 aromatic heterocycles. The summed E-state index contributed by atoms with van der Waals surface area (Å²) in [5, 5.41) is 19.8. The van der Waals surface area contributed by atoms with Gasteiger partial charge in [0.2, 0.25) is 5.88 Å². The molecule has 2 heterocycles. The number of carbonyl (C=O) groups excluding carboxylic acids is 1. The second-order valence-electron chi connectivity index (χ2n) is 9.71. The summed E-state index contributed by atoms with van der Waals surface area (Å²) in [6, 6.07) is 17.7. The first-order valence-corrected chi connectivity index (χ1v) is 14.2. The summed E-state index contributed by atoms with van der Waals surface area (Å²) in [4.78, 5) is 17.5. The van der Waals surface area contributed by atoms with E-state index in [2.05, 4.69) is 4.98 Å². The lowest BCUT2D eigenvalue weighted by molar-refractivity contribution is -0.138. The van der Waals surface area contributed by atoms with Crippen LogP contribution in [-0.2, 0) is 20.4 Å². The van der Waals surface area contributed by atoms with Gasteiger partial charge in [0.1, 0.15) is 28.5 Å². The third-order valence-corrected chi connectivity index (χ3v) is 7.95. The number of alkyl halides is 3. The largest absolute Gasteiger partial charge is 0.466 e. The second kappa shape index (κ2) is 12.8. The second-order valence-corrected chi connectivity index (χ2v) is 11.1. The van der Waals surface area contributed by atoms with E-state index in [1.807, 2.05) is 32.0 Å². The first kappa shape index (κ1) is 31.5. The average molecular weight is 625 g/mol. The minimum Gasteiger partial charge on any atom is -0.466 e. The Morgan fingerprint density at radius 3 is 2.33 bits per heavy atom. The van der Waals surface area contributed by atoms with E-state index in [1.165, 1.54) is 24.3 Å². The quantitative estimate of drug-likeness (QED) is 0.213. The topological polar surface area (TPSA) is 122 Å². The normalized spacial score (nSPS) is 15.2. The molecule has 2 aromatic carbocycles. The zero-order chi connectivity index (χ0) is 31.5. The Hall–Kier alpha value is -4.45. The van der Waals surface area contributed by atoms with Gasteiger partial charge in [-0.1, -0.05) is 73.6 Å². The van der Waals surface area contributed by atoms with Crippen molar-refractivity contribution in [1.82, 2.24) is 4.98 Å². The van der Waals surface area contributed by atoms with Crippen LogP contribution in [0.25, 0.3) is 11.3 Å². The molecular weight excluding hydrogens is 601 g/mol. The van der Waals surface area contributed by atoms with Crippen LogP contribution in [0.15, 0.2) is 82.4 Å². The highest BCUT2D eigenvalue weighted by Crippen LogP contribution is 2.43. The molecule has 1 aliphatic rings. The third kappa shape index (κ3) is 6.64. The molecule has 220 valence electrons. The Labute approximate surface area is 255 Å². The van der Waals surface area contributed by atoms with Crippen LogP contribution in [0.4, 0.5) is 13.2 Å². The Morgan fingerprint density at radius 1 is 1.14 bits per heavy atom. The number of rotatable bonds is 7. The first-order valence-electron chi connectivity index (χ1n) is 12.8. The van der Waals surface area contributed by atoms with Crippen LogP contribution in [0, 0.1) is 22.7 Å². The summed E-state index contributed by atoms with van der Waals surface area (Å²) in [6.45, 7) is 4.04. The number of esters is 1. The van der Waals surface area contributed by atoms with Crippen LogP contribution in [0.3, 0.4) is 0 Å². The summed E-state index contributed by atoms with van der Waals surface area (Å²) in [6.07, 6.45) is -4.86. The number of hydrogen-bond acceptors (Lipinski definition) is 8. The maximum atomic E-state index is 14.1. The van der Waals surface area contributed by atoms with Crippen molar-refractivity contribution in [1.29, 1.82) is 10.5 Å². The summed E-state index contributed by atoms with van der Waals surface area (Å²) in [7, 11) is 1.16. The van der Waals surface area contributed by atoms with Crippen LogP contribution in [0.2, 0.25) is 5.02 Å². The van der Waals surface area contributed by atoms with Crippen molar-refractivity contribution in [3.8, 4) is 23.4 Å². The number of thioether (sulfide) groups is 1. The predicted octanol–water partition coefficient (Wildman–Crippen LogP) is 7.44. The maximum Gasteiger partial charge on any atom is 0.417 e. The van der Waals surface area contributed by atoms with E-state index < -0.39 is 29.2 Å². The van der Waals surface area contributed by atoms with Crippen molar-refractivity contribution < 1.29 is 27.4 Å². The number of nitriles is 2. The van der Waals surface area contributed by atoms with Gasteiger partial charge < -0.3 is 15.2 Å². The average Bonchev–Trinajstić information content (AvgIpc) is 2.98. The number of halogens is 4. The minimum absolute atomic E-state index is 0.0219. The molecule has 1 unspecified atom stereocenters. The van der Waals surface area contributed by atoms with Gasteiger partial charge in [0.05, 0.1) is 41.2 Å². The van der Waals surface area contributed by atoms with Crippen LogP contribution in [0.1, 0.15) is 47.9 Å². The molecule has 12 heteroatoms. The number of benzene rings is 2. The highest BCUT2D eigenvalue weighted by Gasteiger charge is 2.39. The van der Waals surface area contributed by atoms with Crippen molar-refractivity contribution in [2.45, 2.75) is 36.9 Å². The summed E-state index contributed by atoms with van der Waals surface area (Å²) in [5.74, 6) is -2.10. The smallest absolute Gasteiger partial charge is 0.417 e. The number of pyridine rings is 1. The molecule has 0 saturated heterocycles. The molecule has 0 amide bonds. The number of aromatic nitrogens is 1. The van der Waals surface area contributed by atoms with Gasteiger partial charge in [-0.15, -0.1) is 0 Å². The lowest BCUT2D eigenvalue weighted by Crippen LogP contribution is -2.26. The molecule has 4 rings (SSSR count). The van der Waals surface area contributed by atoms with Crippen molar-refractivity contribution in [3.05, 3.63) is 105 Å². The van der Waals surface area contributed by atoms with E-state index in [0.29, 0.717) is 16.1 Å². The molecule has 0 spiro atoms. The number of allylic oxidation sites excluding steroid dienone is 1. The summed E-state index contributed by atoms with van der Waals surface area (Å²) >= 11 is 6.70. The fraction of sp³-hybridized carbons (Fsp3) is 0.226. The minimum atomic E-state index is -4.86. The fourth-order valence-corrected chi connectivity index (χ4v) is 5.60. The molecule has 0 saturated carbocycles. The zero-order valence-corrected chi connectivity index (χ0v) is 24.7. The van der Waals surface area contributed by atoms with Gasteiger partial charge in [-0.25, -0.2) is 9.78 Å². The molecule has 0 aliphatic carbocycles. The fourth-order valence-electron chi connectivity index (χ4n) is 4.53. The number of methoxy groups -OCH3 is 1. The molecule has 0 fully saturated rings. The van der Waals surface area contributed by atoms with E-state index in [9.17, 15) is 28.5 Å². The number of nitrogens with zero attached hydrogens (tertiary/aromatic N) is 3. The molecule has 43 heavy (non-hydrogen) atoms. The van der Waals surface area contributed by atoms with Crippen LogP contribution in [0.5, 0.6) is 0 Å². The van der Waals surface area contributed by atoms with Gasteiger partial charge in [-0.2, -0.15) is 23.7 Å². The van der Waals surface area contributed by atoms with Gasteiger partial charge >= 0.3 is 12.1 Å². The highest BCUT2D eigenvalue weighted by molar-refractivity contribution is 7.99. The Kier molecular flexibility index (Phi) is 9.39. The molecule has 0 bridgehead atoms. The van der Waals surface area contributed by atoms with Crippen molar-refractivity contribution in [3.63, 3.8) is 0 Å². The lowest BCUT2D eigenvalue weighted by atomic mass is 9.82. The van der Waals surface area contributed by atoms with Crippen LogP contribution < -0.4 is 5.73 Å². The van der Waals surface area contributed by atoms with Crippen LogP contribution in [-0.4, -0.2) is 23.8 Å². The number of carbonyl (C=O) groups is 1. The van der Waals surface area contributed by atoms with E-state index in [0.717, 1.165) is 30.5 Å². The monoisotopic (exact) mass is 624 g/mol.